The minimum Gasteiger partial charge on any atom is -0.367 e. The Kier molecular flexibility index (Phi) is 11.4. The summed E-state index contributed by atoms with van der Waals surface area (Å²) in [5, 5.41) is 14.1. The first-order valence-corrected chi connectivity index (χ1v) is 20.2. The van der Waals surface area contributed by atoms with E-state index < -0.39 is 0 Å². The van der Waals surface area contributed by atoms with Crippen molar-refractivity contribution in [3.63, 3.8) is 0 Å². The molecule has 0 aliphatic heterocycles. The molecule has 17 heteroatoms. The summed E-state index contributed by atoms with van der Waals surface area (Å²) in [5.74, 6) is 1.52. The summed E-state index contributed by atoms with van der Waals surface area (Å²) < 4.78 is 4.69. The van der Waals surface area contributed by atoms with Gasteiger partial charge in [-0.25, -0.2) is 34.9 Å². The van der Waals surface area contributed by atoms with Crippen molar-refractivity contribution in [2.75, 3.05) is 10.6 Å². The Morgan fingerprint density at radius 2 is 1.36 bits per heavy atom. The lowest BCUT2D eigenvalue weighted by Gasteiger charge is -2.15. The summed E-state index contributed by atoms with van der Waals surface area (Å²) >= 11 is 22.0. The van der Waals surface area contributed by atoms with Gasteiger partial charge in [-0.05, 0) is 114 Å². The van der Waals surface area contributed by atoms with Crippen LogP contribution in [-0.4, -0.2) is 51.5 Å². The van der Waals surface area contributed by atoms with E-state index >= 15 is 0 Å². The average Bonchev–Trinajstić information content (AvgIpc) is 3.94. The second kappa shape index (κ2) is 16.4. The molecule has 9 rings (SSSR count). The SMILES string of the molecule is Cc1csc2c(Cl)nc(Cl)nc12.Cc1csc2cnc(Cl)nc12.Cc1csc2cnc(N[C@H]3CC[C@H](Nc4ccc(-n5ccccc5=O)cn4)C3)nc12. The molecule has 53 heavy (non-hydrogen) atoms. The lowest BCUT2D eigenvalue weighted by atomic mass is 10.2. The van der Waals surface area contributed by atoms with Crippen LogP contribution in [0.15, 0.2) is 76.1 Å². The first-order chi connectivity index (χ1) is 25.6. The van der Waals surface area contributed by atoms with Crippen LogP contribution in [0.5, 0.6) is 0 Å². The number of thiophene rings is 3. The number of pyridine rings is 2. The third kappa shape index (κ3) is 8.75. The van der Waals surface area contributed by atoms with Crippen molar-refractivity contribution >= 4 is 111 Å². The number of nitrogens with zero attached hydrogens (tertiary/aromatic N) is 8. The highest BCUT2D eigenvalue weighted by Crippen LogP contribution is 2.30. The average molecular weight is 822 g/mol. The van der Waals surface area contributed by atoms with E-state index in [0.717, 1.165) is 72.5 Å². The molecular weight excluding hydrogens is 791 g/mol. The van der Waals surface area contributed by atoms with Gasteiger partial charge in [0, 0.05) is 30.5 Å². The third-order valence-electron chi connectivity index (χ3n) is 8.44. The first-order valence-electron chi connectivity index (χ1n) is 16.4. The van der Waals surface area contributed by atoms with Crippen LogP contribution < -0.4 is 16.2 Å². The van der Waals surface area contributed by atoms with Gasteiger partial charge >= 0.3 is 0 Å². The summed E-state index contributed by atoms with van der Waals surface area (Å²) in [4.78, 5) is 41.5. The van der Waals surface area contributed by atoms with Crippen molar-refractivity contribution in [2.45, 2.75) is 52.1 Å². The zero-order valence-corrected chi connectivity index (χ0v) is 33.3. The maximum atomic E-state index is 11.9. The number of hydrogen-bond donors (Lipinski definition) is 2. The van der Waals surface area contributed by atoms with Gasteiger partial charge in [0.2, 0.25) is 16.5 Å². The Hall–Kier alpha value is -4.31. The number of hydrogen-bond acceptors (Lipinski definition) is 13. The van der Waals surface area contributed by atoms with Crippen LogP contribution in [0.3, 0.4) is 0 Å². The molecule has 0 spiro atoms. The number of halogens is 3. The lowest BCUT2D eigenvalue weighted by molar-refractivity contribution is 0.717. The van der Waals surface area contributed by atoms with Gasteiger partial charge in [-0.15, -0.1) is 34.0 Å². The van der Waals surface area contributed by atoms with Crippen LogP contribution in [0.25, 0.3) is 36.3 Å². The predicted molar refractivity (Wildman–Crippen MR) is 220 cm³/mol. The quantitative estimate of drug-likeness (QED) is 0.128. The van der Waals surface area contributed by atoms with Crippen molar-refractivity contribution in [1.29, 1.82) is 0 Å². The van der Waals surface area contributed by atoms with Gasteiger partial charge in [-0.3, -0.25) is 9.36 Å². The molecule has 8 aromatic heterocycles. The van der Waals surface area contributed by atoms with E-state index in [4.69, 9.17) is 34.8 Å². The Balaban J connectivity index is 0.000000153. The number of aryl methyl sites for hydroxylation is 3. The van der Waals surface area contributed by atoms with E-state index in [2.05, 4.69) is 63.2 Å². The minimum absolute atomic E-state index is 0.0669. The van der Waals surface area contributed by atoms with Gasteiger partial charge in [0.05, 0.1) is 48.7 Å². The fourth-order valence-corrected chi connectivity index (χ4v) is 9.02. The van der Waals surface area contributed by atoms with Crippen molar-refractivity contribution in [1.82, 2.24) is 39.5 Å². The number of rotatable bonds is 5. The van der Waals surface area contributed by atoms with Gasteiger partial charge in [0.15, 0.2) is 5.15 Å². The molecule has 2 atom stereocenters. The summed E-state index contributed by atoms with van der Waals surface area (Å²) in [5.41, 5.74) is 6.98. The Morgan fingerprint density at radius 3 is 2.08 bits per heavy atom. The zero-order chi connectivity index (χ0) is 37.1. The highest BCUT2D eigenvalue weighted by atomic mass is 35.5. The van der Waals surface area contributed by atoms with Crippen LogP contribution in [0.4, 0.5) is 11.8 Å². The summed E-state index contributed by atoms with van der Waals surface area (Å²) in [7, 11) is 0. The number of fused-ring (bicyclic) bond motifs is 3. The van der Waals surface area contributed by atoms with Gasteiger partial charge in [-0.1, -0.05) is 17.7 Å². The van der Waals surface area contributed by atoms with Gasteiger partial charge in [0.25, 0.3) is 5.56 Å². The normalized spacial score (nSPS) is 15.2. The minimum atomic E-state index is -0.0669. The van der Waals surface area contributed by atoms with Gasteiger partial charge in [0.1, 0.15) is 5.82 Å². The molecule has 0 saturated heterocycles. The molecule has 1 aliphatic carbocycles. The monoisotopic (exact) mass is 820 g/mol. The summed E-state index contributed by atoms with van der Waals surface area (Å²) in [6.45, 7) is 6.07. The fraction of sp³-hybridized carbons (Fsp3) is 0.222. The van der Waals surface area contributed by atoms with E-state index in [1.807, 2.05) is 43.6 Å². The highest BCUT2D eigenvalue weighted by Gasteiger charge is 2.25. The molecule has 0 unspecified atom stereocenters. The van der Waals surface area contributed by atoms with E-state index in [1.54, 1.807) is 58.0 Å². The van der Waals surface area contributed by atoms with Crippen molar-refractivity contribution in [3.05, 3.63) is 114 Å². The van der Waals surface area contributed by atoms with Crippen LogP contribution >= 0.6 is 68.8 Å². The smallest absolute Gasteiger partial charge is 0.255 e. The highest BCUT2D eigenvalue weighted by molar-refractivity contribution is 7.18. The van der Waals surface area contributed by atoms with Crippen molar-refractivity contribution in [2.24, 2.45) is 0 Å². The maximum Gasteiger partial charge on any atom is 0.255 e. The molecule has 1 aliphatic rings. The molecule has 1 fully saturated rings. The fourth-order valence-electron chi connectivity index (χ4n) is 5.80. The number of aromatic nitrogens is 8. The van der Waals surface area contributed by atoms with Gasteiger partial charge < -0.3 is 10.6 Å². The Labute approximate surface area is 331 Å². The molecule has 0 bridgehead atoms. The molecule has 0 aromatic carbocycles. The van der Waals surface area contributed by atoms with Gasteiger partial charge in [-0.2, -0.15) is 0 Å². The number of nitrogens with one attached hydrogen (secondary N) is 2. The van der Waals surface area contributed by atoms with E-state index in [1.165, 1.54) is 16.9 Å². The second-order valence-corrected chi connectivity index (χ2v) is 16.0. The maximum absolute atomic E-state index is 11.9. The van der Waals surface area contributed by atoms with E-state index in [0.29, 0.717) is 28.5 Å². The van der Waals surface area contributed by atoms with Crippen molar-refractivity contribution < 1.29 is 0 Å². The third-order valence-corrected chi connectivity index (χ3v) is 12.3. The molecule has 0 amide bonds. The summed E-state index contributed by atoms with van der Waals surface area (Å²) in [6.07, 6.45) is 10.2. The molecule has 270 valence electrons. The van der Waals surface area contributed by atoms with Crippen LogP contribution in [0.1, 0.15) is 36.0 Å². The predicted octanol–water partition coefficient (Wildman–Crippen LogP) is 9.95. The Morgan fingerprint density at radius 1 is 0.698 bits per heavy atom. The molecule has 8 heterocycles. The lowest BCUT2D eigenvalue weighted by Crippen LogP contribution is -2.22. The molecule has 1 saturated carbocycles. The zero-order valence-electron chi connectivity index (χ0n) is 28.5. The molecule has 8 aromatic rings. The van der Waals surface area contributed by atoms with E-state index in [9.17, 15) is 4.79 Å². The van der Waals surface area contributed by atoms with Crippen LogP contribution in [0.2, 0.25) is 15.7 Å². The van der Waals surface area contributed by atoms with E-state index in [-0.39, 0.29) is 10.8 Å². The van der Waals surface area contributed by atoms with Crippen molar-refractivity contribution in [3.8, 4) is 5.69 Å². The molecule has 0 radical (unpaired) electrons. The largest absolute Gasteiger partial charge is 0.367 e. The second-order valence-electron chi connectivity index (χ2n) is 12.3. The molecule has 2 N–H and O–H groups in total. The Bertz CT molecular complexity index is 2590. The molecular formula is C36H31Cl3N10OS3. The van der Waals surface area contributed by atoms with Crippen LogP contribution in [0, 0.1) is 20.8 Å². The molecule has 11 nitrogen and oxygen atoms in total. The van der Waals surface area contributed by atoms with Crippen LogP contribution in [-0.2, 0) is 0 Å². The first kappa shape index (κ1) is 37.0. The standard InChI is InChI=1S/C22H22N6OS.C7H4Cl2N2S.C7H5ClN2S/c1-14-13-30-18-12-24-22(27-21(14)18)26-16-6-5-15(10-16)25-19-8-7-17(11-23-19)28-9-3-2-4-20(28)29;1-3-2-12-5-4(3)10-7(9)11-6(5)8;1-4-3-11-5-2-9-7(8)10-6(4)5/h2-4,7-9,11-13,15-16H,5-6,10H2,1H3,(H,23,25)(H,24,26,27);2H,1H3;2-3H,1H3/t15-,16-;;/m0../s1. The topological polar surface area (TPSA) is 136 Å². The number of anilines is 2. The summed E-state index contributed by atoms with van der Waals surface area (Å²) in [6, 6.07) is 9.61.